The summed E-state index contributed by atoms with van der Waals surface area (Å²) in [5, 5.41) is 5.10. The van der Waals surface area contributed by atoms with E-state index in [1.54, 1.807) is 0 Å². The van der Waals surface area contributed by atoms with E-state index in [-0.39, 0.29) is 0 Å². The van der Waals surface area contributed by atoms with E-state index in [1.165, 1.54) is 27.1 Å². The lowest BCUT2D eigenvalue weighted by molar-refractivity contribution is 1.58. The van der Waals surface area contributed by atoms with Crippen LogP contribution in [-0.4, -0.2) is 0 Å². The van der Waals surface area contributed by atoms with Gasteiger partial charge in [0.05, 0.1) is 0 Å². The van der Waals surface area contributed by atoms with E-state index in [1.807, 2.05) is 12.1 Å². The maximum Gasteiger partial charge on any atom is 0.0320 e. The minimum atomic E-state index is 0.821. The van der Waals surface area contributed by atoms with Crippen molar-refractivity contribution in [3.63, 3.8) is 0 Å². The van der Waals surface area contributed by atoms with Gasteiger partial charge in [0.1, 0.15) is 0 Å². The molecule has 0 amide bonds. The Bertz CT molecular complexity index is 683. The fourth-order valence-electron chi connectivity index (χ4n) is 2.32. The zero-order chi connectivity index (χ0) is 11.1. The molecule has 0 heterocycles. The number of hydrogen-bond donors (Lipinski definition) is 1. The van der Waals surface area contributed by atoms with Gasteiger partial charge >= 0.3 is 0 Å². The second-order valence-corrected chi connectivity index (χ2v) is 4.20. The first-order valence-electron chi connectivity index (χ1n) is 5.43. The van der Waals surface area contributed by atoms with Gasteiger partial charge in [-0.2, -0.15) is 0 Å². The SMILES string of the molecule is Cc1c2ccccc2cc2cc(N)ccc12. The number of aryl methyl sites for hydroxylation is 1. The van der Waals surface area contributed by atoms with Gasteiger partial charge in [0.15, 0.2) is 0 Å². The summed E-state index contributed by atoms with van der Waals surface area (Å²) in [6.45, 7) is 2.17. The first kappa shape index (κ1) is 9.22. The Morgan fingerprint density at radius 2 is 1.56 bits per heavy atom. The van der Waals surface area contributed by atoms with Crippen molar-refractivity contribution in [2.45, 2.75) is 6.92 Å². The van der Waals surface area contributed by atoms with Crippen molar-refractivity contribution < 1.29 is 0 Å². The molecule has 1 heteroatoms. The van der Waals surface area contributed by atoms with Crippen LogP contribution >= 0.6 is 0 Å². The van der Waals surface area contributed by atoms with Gasteiger partial charge in [-0.1, -0.05) is 30.3 Å². The van der Waals surface area contributed by atoms with Gasteiger partial charge in [-0.25, -0.2) is 0 Å². The minimum Gasteiger partial charge on any atom is -0.399 e. The number of nitrogens with two attached hydrogens (primary N) is 1. The topological polar surface area (TPSA) is 26.0 Å². The second kappa shape index (κ2) is 3.24. The summed E-state index contributed by atoms with van der Waals surface area (Å²) in [6, 6.07) is 16.8. The summed E-state index contributed by atoms with van der Waals surface area (Å²) in [4.78, 5) is 0. The van der Waals surface area contributed by atoms with Gasteiger partial charge in [0.2, 0.25) is 0 Å². The molecule has 0 aliphatic rings. The number of anilines is 1. The van der Waals surface area contributed by atoms with Gasteiger partial charge in [0, 0.05) is 5.69 Å². The third kappa shape index (κ3) is 1.25. The zero-order valence-corrected chi connectivity index (χ0v) is 9.20. The molecule has 16 heavy (non-hydrogen) atoms. The average Bonchev–Trinajstić information content (AvgIpc) is 2.29. The van der Waals surface area contributed by atoms with E-state index in [0.29, 0.717) is 0 Å². The molecule has 3 rings (SSSR count). The molecule has 0 atom stereocenters. The lowest BCUT2D eigenvalue weighted by Crippen LogP contribution is -1.86. The molecule has 0 saturated heterocycles. The lowest BCUT2D eigenvalue weighted by Gasteiger charge is -2.08. The third-order valence-corrected chi connectivity index (χ3v) is 3.16. The van der Waals surface area contributed by atoms with E-state index in [2.05, 4.69) is 43.3 Å². The molecule has 0 aliphatic heterocycles. The zero-order valence-electron chi connectivity index (χ0n) is 9.20. The Morgan fingerprint density at radius 1 is 0.812 bits per heavy atom. The molecule has 1 nitrogen and oxygen atoms in total. The Hall–Kier alpha value is -2.02. The maximum atomic E-state index is 5.82. The van der Waals surface area contributed by atoms with Crippen LogP contribution in [0.3, 0.4) is 0 Å². The Kier molecular flexibility index (Phi) is 1.87. The molecule has 0 aliphatic carbocycles. The smallest absolute Gasteiger partial charge is 0.0320 e. The number of rotatable bonds is 0. The van der Waals surface area contributed by atoms with Gasteiger partial charge in [-0.05, 0) is 52.2 Å². The van der Waals surface area contributed by atoms with Crippen LogP contribution in [-0.2, 0) is 0 Å². The molecule has 0 radical (unpaired) electrons. The summed E-state index contributed by atoms with van der Waals surface area (Å²) in [6.07, 6.45) is 0. The molecule has 2 N–H and O–H groups in total. The quantitative estimate of drug-likeness (QED) is 0.439. The summed E-state index contributed by atoms with van der Waals surface area (Å²) in [5.74, 6) is 0. The van der Waals surface area contributed by atoms with Gasteiger partial charge in [0.25, 0.3) is 0 Å². The van der Waals surface area contributed by atoms with E-state index in [0.717, 1.165) is 5.69 Å². The molecular formula is C15H13N. The van der Waals surface area contributed by atoms with Crippen molar-refractivity contribution >= 4 is 27.2 Å². The van der Waals surface area contributed by atoms with Crippen molar-refractivity contribution in [3.8, 4) is 0 Å². The third-order valence-electron chi connectivity index (χ3n) is 3.16. The molecule has 0 fully saturated rings. The Balaban J connectivity index is 2.55. The summed E-state index contributed by atoms with van der Waals surface area (Å²) in [7, 11) is 0. The number of benzene rings is 3. The first-order valence-corrected chi connectivity index (χ1v) is 5.43. The van der Waals surface area contributed by atoms with Crippen LogP contribution in [0.5, 0.6) is 0 Å². The molecule has 0 bridgehead atoms. The average molecular weight is 207 g/mol. The summed E-state index contributed by atoms with van der Waals surface area (Å²) >= 11 is 0. The van der Waals surface area contributed by atoms with E-state index in [4.69, 9.17) is 5.73 Å². The van der Waals surface area contributed by atoms with E-state index < -0.39 is 0 Å². The van der Waals surface area contributed by atoms with E-state index in [9.17, 15) is 0 Å². The van der Waals surface area contributed by atoms with E-state index >= 15 is 0 Å². The molecule has 0 spiro atoms. The van der Waals surface area contributed by atoms with Crippen LogP contribution in [0.15, 0.2) is 48.5 Å². The Morgan fingerprint density at radius 3 is 2.44 bits per heavy atom. The fraction of sp³-hybridized carbons (Fsp3) is 0.0667. The van der Waals surface area contributed by atoms with Crippen LogP contribution in [0.4, 0.5) is 5.69 Å². The lowest BCUT2D eigenvalue weighted by atomic mass is 9.97. The minimum absolute atomic E-state index is 0.821. The molecule has 3 aromatic rings. The molecule has 0 aromatic heterocycles. The maximum absolute atomic E-state index is 5.82. The van der Waals surface area contributed by atoms with Crippen molar-refractivity contribution in [2.75, 3.05) is 5.73 Å². The normalized spacial score (nSPS) is 11.1. The first-order chi connectivity index (χ1) is 7.75. The largest absolute Gasteiger partial charge is 0.399 e. The molecule has 3 aromatic carbocycles. The summed E-state index contributed by atoms with van der Waals surface area (Å²) in [5.41, 5.74) is 7.97. The van der Waals surface area contributed by atoms with Crippen molar-refractivity contribution in [2.24, 2.45) is 0 Å². The predicted octanol–water partition coefficient (Wildman–Crippen LogP) is 3.88. The van der Waals surface area contributed by atoms with Crippen molar-refractivity contribution in [1.82, 2.24) is 0 Å². The van der Waals surface area contributed by atoms with Gasteiger partial charge in [-0.15, -0.1) is 0 Å². The van der Waals surface area contributed by atoms with Gasteiger partial charge < -0.3 is 5.73 Å². The predicted molar refractivity (Wildman–Crippen MR) is 70.6 cm³/mol. The highest BCUT2D eigenvalue weighted by Crippen LogP contribution is 2.28. The van der Waals surface area contributed by atoms with Crippen molar-refractivity contribution in [1.29, 1.82) is 0 Å². The molecular weight excluding hydrogens is 194 g/mol. The highest BCUT2D eigenvalue weighted by Gasteiger charge is 2.03. The fourth-order valence-corrected chi connectivity index (χ4v) is 2.32. The monoisotopic (exact) mass is 207 g/mol. The molecule has 0 unspecified atom stereocenters. The van der Waals surface area contributed by atoms with Crippen molar-refractivity contribution in [3.05, 3.63) is 54.1 Å². The summed E-state index contributed by atoms with van der Waals surface area (Å²) < 4.78 is 0. The molecule has 78 valence electrons. The number of fused-ring (bicyclic) bond motifs is 2. The van der Waals surface area contributed by atoms with Crippen LogP contribution in [0, 0.1) is 6.92 Å². The highest BCUT2D eigenvalue weighted by atomic mass is 14.5. The Labute approximate surface area is 94.5 Å². The van der Waals surface area contributed by atoms with Crippen LogP contribution < -0.4 is 5.73 Å². The number of hydrogen-bond acceptors (Lipinski definition) is 1. The number of nitrogen functional groups attached to an aromatic ring is 1. The second-order valence-electron chi connectivity index (χ2n) is 4.20. The highest BCUT2D eigenvalue weighted by molar-refractivity contribution is 6.02. The van der Waals surface area contributed by atoms with Crippen LogP contribution in [0.25, 0.3) is 21.5 Å². The van der Waals surface area contributed by atoms with Crippen LogP contribution in [0.2, 0.25) is 0 Å². The molecule has 0 saturated carbocycles. The van der Waals surface area contributed by atoms with Crippen LogP contribution in [0.1, 0.15) is 5.56 Å². The van der Waals surface area contributed by atoms with Gasteiger partial charge in [-0.3, -0.25) is 0 Å². The standard InChI is InChI=1S/C15H13N/c1-10-14-5-3-2-4-11(14)8-12-9-13(16)6-7-15(10)12/h2-9H,16H2,1H3.